The number of rotatable bonds is 3. The number of anilines is 1. The van der Waals surface area contributed by atoms with E-state index in [4.69, 9.17) is 10.5 Å². The molecular weight excluding hydrogens is 240 g/mol. The fraction of sp³-hybridized carbons (Fsp3) is 0.533. The second-order valence-electron chi connectivity index (χ2n) is 5.51. The summed E-state index contributed by atoms with van der Waals surface area (Å²) >= 11 is 0. The first-order valence-electron chi connectivity index (χ1n) is 7.03. The van der Waals surface area contributed by atoms with Gasteiger partial charge in [0.2, 0.25) is 5.91 Å². The van der Waals surface area contributed by atoms with Gasteiger partial charge in [-0.15, -0.1) is 0 Å². The van der Waals surface area contributed by atoms with Crippen molar-refractivity contribution in [1.82, 2.24) is 4.90 Å². The molecule has 1 saturated carbocycles. The van der Waals surface area contributed by atoms with Gasteiger partial charge >= 0.3 is 0 Å². The number of amides is 1. The van der Waals surface area contributed by atoms with Gasteiger partial charge in [-0.3, -0.25) is 4.79 Å². The van der Waals surface area contributed by atoms with E-state index in [9.17, 15) is 4.79 Å². The number of nitrogens with zero attached hydrogens (tertiary/aromatic N) is 1. The van der Waals surface area contributed by atoms with Crippen LogP contribution in [0.4, 0.5) is 5.69 Å². The van der Waals surface area contributed by atoms with E-state index < -0.39 is 0 Å². The van der Waals surface area contributed by atoms with Crippen molar-refractivity contribution in [1.29, 1.82) is 0 Å². The molecule has 1 unspecified atom stereocenters. The van der Waals surface area contributed by atoms with Crippen molar-refractivity contribution in [3.8, 4) is 5.75 Å². The van der Waals surface area contributed by atoms with Crippen LogP contribution in [0.25, 0.3) is 0 Å². The van der Waals surface area contributed by atoms with E-state index in [1.165, 1.54) is 6.42 Å². The molecule has 1 aromatic rings. The van der Waals surface area contributed by atoms with Gasteiger partial charge in [-0.2, -0.15) is 0 Å². The molecule has 3 rings (SSSR count). The van der Waals surface area contributed by atoms with Crippen molar-refractivity contribution in [3.63, 3.8) is 0 Å². The third-order valence-corrected chi connectivity index (χ3v) is 4.09. The van der Waals surface area contributed by atoms with Gasteiger partial charge in [-0.05, 0) is 37.1 Å². The van der Waals surface area contributed by atoms with E-state index in [2.05, 4.69) is 0 Å². The molecule has 1 aliphatic heterocycles. The van der Waals surface area contributed by atoms with Crippen LogP contribution in [0.15, 0.2) is 24.3 Å². The summed E-state index contributed by atoms with van der Waals surface area (Å²) in [7, 11) is 0. The van der Waals surface area contributed by atoms with Crippen molar-refractivity contribution in [2.75, 3.05) is 18.8 Å². The highest BCUT2D eigenvalue weighted by Gasteiger charge is 2.34. The Hall–Kier alpha value is -1.71. The second-order valence-corrected chi connectivity index (χ2v) is 5.51. The molecule has 2 N–H and O–H groups in total. The molecule has 1 atom stereocenters. The van der Waals surface area contributed by atoms with E-state index >= 15 is 0 Å². The minimum atomic E-state index is 0.118. The van der Waals surface area contributed by atoms with Gasteiger partial charge in [0.05, 0.1) is 6.54 Å². The first-order valence-corrected chi connectivity index (χ1v) is 7.03. The summed E-state index contributed by atoms with van der Waals surface area (Å²) in [5.74, 6) is 1.45. The lowest BCUT2D eigenvalue weighted by Gasteiger charge is -2.29. The Morgan fingerprint density at radius 2 is 1.95 bits per heavy atom. The third kappa shape index (κ3) is 2.67. The van der Waals surface area contributed by atoms with E-state index in [1.807, 2.05) is 29.2 Å². The Kier molecular flexibility index (Phi) is 3.32. The molecule has 1 saturated heterocycles. The quantitative estimate of drug-likeness (QED) is 0.846. The normalized spacial score (nSPS) is 23.2. The summed E-state index contributed by atoms with van der Waals surface area (Å²) in [4.78, 5) is 14.1. The lowest BCUT2D eigenvalue weighted by Crippen LogP contribution is -2.38. The van der Waals surface area contributed by atoms with Gasteiger partial charge in [0.1, 0.15) is 11.9 Å². The molecular formula is C15H20N2O2. The smallest absolute Gasteiger partial charge is 0.225 e. The zero-order valence-corrected chi connectivity index (χ0v) is 11.0. The predicted octanol–water partition coefficient (Wildman–Crippen LogP) is 2.05. The van der Waals surface area contributed by atoms with Crippen molar-refractivity contribution in [3.05, 3.63) is 24.3 Å². The Labute approximate surface area is 113 Å². The highest BCUT2D eigenvalue weighted by molar-refractivity contribution is 5.79. The van der Waals surface area contributed by atoms with Gasteiger partial charge in [0, 0.05) is 24.6 Å². The molecule has 1 aliphatic carbocycles. The van der Waals surface area contributed by atoms with Crippen LogP contribution in [-0.4, -0.2) is 30.0 Å². The van der Waals surface area contributed by atoms with Crippen LogP contribution in [0.5, 0.6) is 5.75 Å². The largest absolute Gasteiger partial charge is 0.489 e. The van der Waals surface area contributed by atoms with Crippen LogP contribution in [0.1, 0.15) is 25.7 Å². The number of carbonyl (C=O) groups excluding carboxylic acids is 1. The molecule has 4 heteroatoms. The van der Waals surface area contributed by atoms with Crippen LogP contribution in [0.3, 0.4) is 0 Å². The molecule has 0 aromatic heterocycles. The average molecular weight is 260 g/mol. The maximum absolute atomic E-state index is 12.1. The zero-order chi connectivity index (χ0) is 13.2. The van der Waals surface area contributed by atoms with Gasteiger partial charge in [-0.25, -0.2) is 0 Å². The van der Waals surface area contributed by atoms with Crippen molar-refractivity contribution < 1.29 is 9.53 Å². The summed E-state index contributed by atoms with van der Waals surface area (Å²) in [6.45, 7) is 1.55. The molecule has 0 bridgehead atoms. The predicted molar refractivity (Wildman–Crippen MR) is 73.8 cm³/mol. The highest BCUT2D eigenvalue weighted by Crippen LogP contribution is 2.30. The molecule has 2 fully saturated rings. The minimum absolute atomic E-state index is 0.118. The minimum Gasteiger partial charge on any atom is -0.489 e. The number of benzene rings is 1. The van der Waals surface area contributed by atoms with Crippen LogP contribution in [0.2, 0.25) is 0 Å². The van der Waals surface area contributed by atoms with E-state index in [0.717, 1.165) is 43.8 Å². The van der Waals surface area contributed by atoms with Crippen molar-refractivity contribution in [2.24, 2.45) is 5.92 Å². The molecule has 1 heterocycles. The Morgan fingerprint density at radius 1 is 1.21 bits per heavy atom. The molecule has 1 amide bonds. The average Bonchev–Trinajstić information content (AvgIpc) is 2.78. The highest BCUT2D eigenvalue weighted by atomic mass is 16.5. The fourth-order valence-electron chi connectivity index (χ4n) is 2.68. The van der Waals surface area contributed by atoms with E-state index in [1.54, 1.807) is 0 Å². The molecule has 0 radical (unpaired) electrons. The van der Waals surface area contributed by atoms with Crippen molar-refractivity contribution >= 4 is 11.6 Å². The number of likely N-dealkylation sites (tertiary alicyclic amines) is 1. The van der Waals surface area contributed by atoms with E-state index in [-0.39, 0.29) is 12.0 Å². The number of hydrogen-bond acceptors (Lipinski definition) is 3. The number of carbonyl (C=O) groups is 1. The summed E-state index contributed by atoms with van der Waals surface area (Å²) in [6, 6.07) is 7.43. The van der Waals surface area contributed by atoms with Gasteiger partial charge in [0.15, 0.2) is 0 Å². The summed E-state index contributed by atoms with van der Waals surface area (Å²) < 4.78 is 5.89. The van der Waals surface area contributed by atoms with Gasteiger partial charge < -0.3 is 15.4 Å². The van der Waals surface area contributed by atoms with Crippen LogP contribution in [-0.2, 0) is 4.79 Å². The number of hydrogen-bond donors (Lipinski definition) is 1. The molecule has 0 spiro atoms. The summed E-state index contributed by atoms with van der Waals surface area (Å²) in [5, 5.41) is 0. The first-order chi connectivity index (χ1) is 9.22. The Balaban J connectivity index is 1.54. The standard InChI is InChI=1S/C15H20N2O2/c16-12-4-6-13(7-5-12)19-14-8-9-17(10-14)15(18)11-2-1-3-11/h4-7,11,14H,1-3,8-10,16H2. The summed E-state index contributed by atoms with van der Waals surface area (Å²) in [5.41, 5.74) is 6.38. The van der Waals surface area contributed by atoms with Crippen molar-refractivity contribution in [2.45, 2.75) is 31.8 Å². The lowest BCUT2D eigenvalue weighted by atomic mass is 9.84. The molecule has 4 nitrogen and oxygen atoms in total. The SMILES string of the molecule is Nc1ccc(OC2CCN(C(=O)C3CCC3)C2)cc1. The summed E-state index contributed by atoms with van der Waals surface area (Å²) in [6.07, 6.45) is 4.38. The Morgan fingerprint density at radius 3 is 2.58 bits per heavy atom. The molecule has 19 heavy (non-hydrogen) atoms. The maximum Gasteiger partial charge on any atom is 0.225 e. The van der Waals surface area contributed by atoms with E-state index in [0.29, 0.717) is 5.91 Å². The maximum atomic E-state index is 12.1. The lowest BCUT2D eigenvalue weighted by molar-refractivity contribution is -0.137. The number of nitrogen functional groups attached to an aromatic ring is 1. The van der Waals surface area contributed by atoms with Gasteiger partial charge in [0.25, 0.3) is 0 Å². The monoisotopic (exact) mass is 260 g/mol. The first kappa shape index (κ1) is 12.3. The molecule has 1 aromatic carbocycles. The fourth-order valence-corrected chi connectivity index (χ4v) is 2.68. The Bertz CT molecular complexity index is 454. The van der Waals surface area contributed by atoms with Gasteiger partial charge in [-0.1, -0.05) is 6.42 Å². The third-order valence-electron chi connectivity index (χ3n) is 4.09. The number of ether oxygens (including phenoxy) is 1. The van der Waals surface area contributed by atoms with Crippen LogP contribution < -0.4 is 10.5 Å². The zero-order valence-electron chi connectivity index (χ0n) is 11.0. The van der Waals surface area contributed by atoms with Crippen LogP contribution >= 0.6 is 0 Å². The molecule has 2 aliphatic rings. The molecule has 102 valence electrons. The topological polar surface area (TPSA) is 55.6 Å². The second kappa shape index (κ2) is 5.11. The van der Waals surface area contributed by atoms with Crippen LogP contribution in [0, 0.1) is 5.92 Å². The number of nitrogens with two attached hydrogens (primary N) is 1.